The molecule has 1 aliphatic rings. The maximum absolute atomic E-state index is 12.1. The van der Waals surface area contributed by atoms with Crippen LogP contribution in [0.1, 0.15) is 28.2 Å². The lowest BCUT2D eigenvalue weighted by molar-refractivity contribution is 0.0951. The minimum Gasteiger partial charge on any atom is -0.472 e. The van der Waals surface area contributed by atoms with Gasteiger partial charge in [-0.05, 0) is 26.0 Å². The van der Waals surface area contributed by atoms with Crippen molar-refractivity contribution in [3.05, 3.63) is 41.3 Å². The maximum Gasteiger partial charge on any atom is 0.252 e. The molecule has 0 bridgehead atoms. The van der Waals surface area contributed by atoms with Crippen LogP contribution in [0.3, 0.4) is 0 Å². The maximum atomic E-state index is 12.1. The molecule has 1 saturated heterocycles. The van der Waals surface area contributed by atoms with Gasteiger partial charge in [0.05, 0.1) is 31.0 Å². The second-order valence-electron chi connectivity index (χ2n) is 5.89. The molecule has 7 nitrogen and oxygen atoms in total. The predicted octanol–water partition coefficient (Wildman–Crippen LogP) is 1.49. The largest absolute Gasteiger partial charge is 0.472 e. The molecule has 3 heterocycles. The molecule has 2 aromatic rings. The number of carbonyl (C=O) groups is 1. The van der Waals surface area contributed by atoms with Crippen molar-refractivity contribution in [2.45, 2.75) is 32.9 Å². The molecule has 24 heavy (non-hydrogen) atoms. The van der Waals surface area contributed by atoms with Crippen LogP contribution < -0.4 is 10.1 Å². The summed E-state index contributed by atoms with van der Waals surface area (Å²) in [5.41, 5.74) is 2.57. The van der Waals surface area contributed by atoms with Gasteiger partial charge in [0.2, 0.25) is 5.88 Å². The van der Waals surface area contributed by atoms with Crippen molar-refractivity contribution >= 4 is 5.91 Å². The Morgan fingerprint density at radius 2 is 2.33 bits per heavy atom. The van der Waals surface area contributed by atoms with E-state index >= 15 is 0 Å². The highest BCUT2D eigenvalue weighted by Gasteiger charge is 2.17. The van der Waals surface area contributed by atoms with Crippen molar-refractivity contribution in [1.82, 2.24) is 20.1 Å². The van der Waals surface area contributed by atoms with Gasteiger partial charge in [0.15, 0.2) is 0 Å². The molecule has 7 heteroatoms. The summed E-state index contributed by atoms with van der Waals surface area (Å²) in [7, 11) is 0. The van der Waals surface area contributed by atoms with Gasteiger partial charge in [-0.25, -0.2) is 4.98 Å². The second-order valence-corrected chi connectivity index (χ2v) is 5.89. The van der Waals surface area contributed by atoms with Gasteiger partial charge in [0, 0.05) is 30.9 Å². The minimum absolute atomic E-state index is 0.0537. The van der Waals surface area contributed by atoms with E-state index in [2.05, 4.69) is 15.4 Å². The molecule has 1 unspecified atom stereocenters. The zero-order valence-corrected chi connectivity index (χ0v) is 14.0. The standard InChI is InChI=1S/C17H22N4O3/c1-12-9-13(2)21(20-12)7-6-18-17(22)14-3-4-16(19-10-14)24-15-5-8-23-11-15/h3-4,9-10,15H,5-8,11H2,1-2H3,(H,18,22). The van der Waals surface area contributed by atoms with Crippen molar-refractivity contribution in [2.24, 2.45) is 0 Å². The summed E-state index contributed by atoms with van der Waals surface area (Å²) in [4.78, 5) is 16.3. The number of carbonyl (C=O) groups excluding carboxylic acids is 1. The molecular formula is C17H22N4O3. The van der Waals surface area contributed by atoms with Crippen LogP contribution in [0.4, 0.5) is 0 Å². The van der Waals surface area contributed by atoms with Gasteiger partial charge in [-0.3, -0.25) is 9.48 Å². The third-order valence-corrected chi connectivity index (χ3v) is 3.89. The summed E-state index contributed by atoms with van der Waals surface area (Å²) < 4.78 is 12.8. The molecule has 1 amide bonds. The SMILES string of the molecule is Cc1cc(C)n(CCNC(=O)c2ccc(OC3CCOC3)nc2)n1. The number of aromatic nitrogens is 3. The Morgan fingerprint density at radius 1 is 1.46 bits per heavy atom. The average molecular weight is 330 g/mol. The van der Waals surface area contributed by atoms with Crippen molar-refractivity contribution in [1.29, 1.82) is 0 Å². The first-order chi connectivity index (χ1) is 11.6. The van der Waals surface area contributed by atoms with Crippen LogP contribution in [0.2, 0.25) is 0 Å². The van der Waals surface area contributed by atoms with E-state index in [4.69, 9.17) is 9.47 Å². The van der Waals surface area contributed by atoms with E-state index in [-0.39, 0.29) is 12.0 Å². The molecule has 0 aliphatic carbocycles. The van der Waals surface area contributed by atoms with Crippen LogP contribution in [-0.2, 0) is 11.3 Å². The molecule has 3 rings (SSSR count). The molecule has 1 fully saturated rings. The van der Waals surface area contributed by atoms with Gasteiger partial charge >= 0.3 is 0 Å². The highest BCUT2D eigenvalue weighted by Crippen LogP contribution is 2.14. The number of aryl methyl sites for hydroxylation is 2. The summed E-state index contributed by atoms with van der Waals surface area (Å²) in [5.74, 6) is 0.365. The number of hydrogen-bond donors (Lipinski definition) is 1. The van der Waals surface area contributed by atoms with Gasteiger partial charge in [0.25, 0.3) is 5.91 Å². The lowest BCUT2D eigenvalue weighted by atomic mass is 10.2. The molecule has 128 valence electrons. The Labute approximate surface area is 141 Å². The highest BCUT2D eigenvalue weighted by atomic mass is 16.5. The second kappa shape index (κ2) is 7.44. The molecule has 1 atom stereocenters. The van der Waals surface area contributed by atoms with E-state index in [1.54, 1.807) is 12.1 Å². The first-order valence-corrected chi connectivity index (χ1v) is 8.11. The van der Waals surface area contributed by atoms with Crippen LogP contribution in [0.15, 0.2) is 24.4 Å². The van der Waals surface area contributed by atoms with Gasteiger partial charge in [-0.15, -0.1) is 0 Å². The number of hydrogen-bond acceptors (Lipinski definition) is 5. The van der Waals surface area contributed by atoms with Crippen LogP contribution in [0.25, 0.3) is 0 Å². The topological polar surface area (TPSA) is 78.3 Å². The van der Waals surface area contributed by atoms with Crippen LogP contribution >= 0.6 is 0 Å². The first kappa shape index (κ1) is 16.4. The van der Waals surface area contributed by atoms with Crippen molar-refractivity contribution in [3.8, 4) is 5.88 Å². The predicted molar refractivity (Wildman–Crippen MR) is 88.1 cm³/mol. The molecule has 1 N–H and O–H groups in total. The van der Waals surface area contributed by atoms with Crippen molar-refractivity contribution < 1.29 is 14.3 Å². The Bertz CT molecular complexity index is 690. The zero-order chi connectivity index (χ0) is 16.9. The lowest BCUT2D eigenvalue weighted by Crippen LogP contribution is -2.28. The van der Waals surface area contributed by atoms with E-state index < -0.39 is 0 Å². The monoisotopic (exact) mass is 330 g/mol. The average Bonchev–Trinajstić information content (AvgIpc) is 3.18. The van der Waals surface area contributed by atoms with Gasteiger partial charge in [-0.2, -0.15) is 5.10 Å². The molecule has 0 saturated carbocycles. The fourth-order valence-electron chi connectivity index (χ4n) is 2.64. The van der Waals surface area contributed by atoms with Crippen molar-refractivity contribution in [2.75, 3.05) is 19.8 Å². The Balaban J connectivity index is 1.48. The molecule has 1 aliphatic heterocycles. The summed E-state index contributed by atoms with van der Waals surface area (Å²) in [5, 5.41) is 7.24. The van der Waals surface area contributed by atoms with E-state index in [1.807, 2.05) is 24.6 Å². The number of rotatable bonds is 6. The van der Waals surface area contributed by atoms with Crippen LogP contribution in [0.5, 0.6) is 5.88 Å². The van der Waals surface area contributed by atoms with E-state index in [1.165, 1.54) is 6.20 Å². The Hall–Kier alpha value is -2.41. The Morgan fingerprint density at radius 3 is 2.96 bits per heavy atom. The Kier molecular flexibility index (Phi) is 5.10. The highest BCUT2D eigenvalue weighted by molar-refractivity contribution is 5.93. The number of amides is 1. The molecule has 0 spiro atoms. The summed E-state index contributed by atoms with van der Waals surface area (Å²) in [6.45, 7) is 6.42. The number of ether oxygens (including phenoxy) is 2. The number of nitrogens with one attached hydrogen (secondary N) is 1. The summed E-state index contributed by atoms with van der Waals surface area (Å²) in [6, 6.07) is 5.45. The fourth-order valence-corrected chi connectivity index (χ4v) is 2.64. The van der Waals surface area contributed by atoms with Crippen molar-refractivity contribution in [3.63, 3.8) is 0 Å². The quantitative estimate of drug-likeness (QED) is 0.868. The lowest BCUT2D eigenvalue weighted by Gasteiger charge is -2.11. The van der Waals surface area contributed by atoms with Gasteiger partial charge in [0.1, 0.15) is 6.10 Å². The normalized spacial score (nSPS) is 17.0. The molecular weight excluding hydrogens is 308 g/mol. The third-order valence-electron chi connectivity index (χ3n) is 3.89. The first-order valence-electron chi connectivity index (χ1n) is 8.11. The van der Waals surface area contributed by atoms with E-state index in [9.17, 15) is 4.79 Å². The summed E-state index contributed by atoms with van der Waals surface area (Å²) in [6.07, 6.45) is 2.46. The zero-order valence-electron chi connectivity index (χ0n) is 14.0. The fraction of sp³-hybridized carbons (Fsp3) is 0.471. The molecule has 0 radical (unpaired) electrons. The molecule has 2 aromatic heterocycles. The number of pyridine rings is 1. The molecule has 0 aromatic carbocycles. The van der Waals surface area contributed by atoms with Gasteiger partial charge < -0.3 is 14.8 Å². The van der Waals surface area contributed by atoms with Gasteiger partial charge in [-0.1, -0.05) is 0 Å². The van der Waals surface area contributed by atoms with Crippen LogP contribution in [0, 0.1) is 13.8 Å². The smallest absolute Gasteiger partial charge is 0.252 e. The third kappa shape index (κ3) is 4.11. The van der Waals surface area contributed by atoms with E-state index in [0.29, 0.717) is 31.1 Å². The summed E-state index contributed by atoms with van der Waals surface area (Å²) >= 11 is 0. The van der Waals surface area contributed by atoms with E-state index in [0.717, 1.165) is 24.4 Å². The minimum atomic E-state index is -0.153. The number of nitrogens with zero attached hydrogens (tertiary/aromatic N) is 3. The van der Waals surface area contributed by atoms with Crippen LogP contribution in [-0.4, -0.2) is 46.5 Å².